The van der Waals surface area contributed by atoms with Crippen molar-refractivity contribution in [1.29, 1.82) is 0 Å². The van der Waals surface area contributed by atoms with E-state index in [9.17, 15) is 9.90 Å². The number of nitrogens with one attached hydrogen (secondary N) is 1. The molecule has 4 N–H and O–H groups in total. The van der Waals surface area contributed by atoms with Gasteiger partial charge in [-0.15, -0.1) is 24.0 Å². The molecule has 1 unspecified atom stereocenters. The van der Waals surface area contributed by atoms with Crippen LogP contribution >= 0.6 is 24.0 Å². The van der Waals surface area contributed by atoms with Crippen molar-refractivity contribution in [2.24, 2.45) is 16.6 Å². The molecule has 1 amide bonds. The molecule has 7 nitrogen and oxygen atoms in total. The highest BCUT2D eigenvalue weighted by molar-refractivity contribution is 14.0. The first kappa shape index (κ1) is 21.3. The smallest absolute Gasteiger partial charge is 0.217 e. The van der Waals surface area contributed by atoms with Gasteiger partial charge in [-0.3, -0.25) is 9.79 Å². The number of hydrogen-bond donors (Lipinski definition) is 3. The minimum atomic E-state index is -0.258. The molecule has 1 saturated heterocycles. The monoisotopic (exact) mass is 462 g/mol. The molecule has 0 saturated carbocycles. The van der Waals surface area contributed by atoms with Crippen LogP contribution in [0.1, 0.15) is 24.8 Å². The molecular formula is C17H27IN4O3. The van der Waals surface area contributed by atoms with E-state index in [0.717, 1.165) is 37.5 Å². The van der Waals surface area contributed by atoms with Crippen molar-refractivity contribution in [3.05, 3.63) is 23.8 Å². The van der Waals surface area contributed by atoms with Crippen LogP contribution in [0.4, 0.5) is 0 Å². The number of benzene rings is 1. The quantitative estimate of drug-likeness (QED) is 0.351. The lowest BCUT2D eigenvalue weighted by Gasteiger charge is -2.34. The minimum absolute atomic E-state index is 0. The van der Waals surface area contributed by atoms with E-state index in [2.05, 4.69) is 15.2 Å². The number of aromatic hydroxyl groups is 1. The predicted octanol–water partition coefficient (Wildman–Crippen LogP) is 1.68. The number of guanidine groups is 1. The average molecular weight is 462 g/mol. The number of carbonyl (C=O) groups excluding carboxylic acids is 1. The number of ether oxygens (including phenoxy) is 1. The van der Waals surface area contributed by atoms with Crippen molar-refractivity contribution >= 4 is 35.8 Å². The first-order valence-electron chi connectivity index (χ1n) is 8.13. The molecule has 8 heteroatoms. The van der Waals surface area contributed by atoms with Gasteiger partial charge in [-0.2, -0.15) is 0 Å². The van der Waals surface area contributed by atoms with E-state index in [4.69, 9.17) is 10.5 Å². The Bertz CT molecular complexity index is 610. The van der Waals surface area contributed by atoms with Crippen molar-refractivity contribution in [1.82, 2.24) is 10.2 Å². The van der Waals surface area contributed by atoms with Crippen molar-refractivity contribution in [3.8, 4) is 11.5 Å². The second-order valence-electron chi connectivity index (χ2n) is 6.02. The van der Waals surface area contributed by atoms with Gasteiger partial charge in [0.05, 0.1) is 7.11 Å². The van der Waals surface area contributed by atoms with Gasteiger partial charge in [0.15, 0.2) is 5.96 Å². The fourth-order valence-corrected chi connectivity index (χ4v) is 3.05. The fourth-order valence-electron chi connectivity index (χ4n) is 3.05. The Morgan fingerprint density at radius 3 is 2.92 bits per heavy atom. The summed E-state index contributed by atoms with van der Waals surface area (Å²) in [5.74, 6) is 1.67. The van der Waals surface area contributed by atoms with Gasteiger partial charge in [0.1, 0.15) is 11.5 Å². The van der Waals surface area contributed by atoms with Gasteiger partial charge in [0.25, 0.3) is 0 Å². The first-order chi connectivity index (χ1) is 11.5. The molecule has 25 heavy (non-hydrogen) atoms. The number of primary amides is 1. The second-order valence-corrected chi connectivity index (χ2v) is 6.02. The molecule has 1 aliphatic heterocycles. The van der Waals surface area contributed by atoms with Gasteiger partial charge >= 0.3 is 0 Å². The lowest BCUT2D eigenvalue weighted by Crippen LogP contribution is -2.46. The van der Waals surface area contributed by atoms with E-state index in [1.165, 1.54) is 0 Å². The summed E-state index contributed by atoms with van der Waals surface area (Å²) >= 11 is 0. The number of hydrogen-bond acceptors (Lipinski definition) is 4. The zero-order valence-electron chi connectivity index (χ0n) is 14.7. The molecule has 0 radical (unpaired) electrons. The summed E-state index contributed by atoms with van der Waals surface area (Å²) in [4.78, 5) is 17.6. The zero-order chi connectivity index (χ0) is 17.5. The molecule has 1 aromatic carbocycles. The number of halogens is 1. The highest BCUT2D eigenvalue weighted by Gasteiger charge is 2.23. The molecule has 1 heterocycles. The molecule has 0 spiro atoms. The predicted molar refractivity (Wildman–Crippen MR) is 108 cm³/mol. The summed E-state index contributed by atoms with van der Waals surface area (Å²) < 4.78 is 5.19. The topological polar surface area (TPSA) is 100 Å². The number of aliphatic imine (C=N–C) groups is 1. The van der Waals surface area contributed by atoms with Gasteiger partial charge in [-0.25, -0.2) is 0 Å². The molecule has 1 fully saturated rings. The third-order valence-electron chi connectivity index (χ3n) is 4.24. The van der Waals surface area contributed by atoms with Crippen LogP contribution in [0.15, 0.2) is 23.2 Å². The Labute approximate surface area is 165 Å². The summed E-state index contributed by atoms with van der Waals surface area (Å²) in [5.41, 5.74) is 6.05. The number of amides is 1. The van der Waals surface area contributed by atoms with Crippen LogP contribution in [0.2, 0.25) is 0 Å². The van der Waals surface area contributed by atoms with E-state index in [1.807, 2.05) is 0 Å². The number of phenolic OH excluding ortho intramolecular Hbond substituents is 1. The maximum absolute atomic E-state index is 11.1. The Morgan fingerprint density at radius 1 is 1.52 bits per heavy atom. The Kier molecular flexibility index (Phi) is 8.81. The Balaban J connectivity index is 0.00000312. The van der Waals surface area contributed by atoms with E-state index in [0.29, 0.717) is 18.7 Å². The lowest BCUT2D eigenvalue weighted by molar-refractivity contribution is -0.119. The third-order valence-corrected chi connectivity index (χ3v) is 4.24. The average Bonchev–Trinajstić information content (AvgIpc) is 2.56. The molecule has 0 bridgehead atoms. The summed E-state index contributed by atoms with van der Waals surface area (Å²) in [6.45, 7) is 2.08. The summed E-state index contributed by atoms with van der Waals surface area (Å²) in [7, 11) is 3.32. The zero-order valence-corrected chi connectivity index (χ0v) is 17.0. The van der Waals surface area contributed by atoms with Gasteiger partial charge in [-0.1, -0.05) is 0 Å². The largest absolute Gasteiger partial charge is 0.508 e. The number of nitrogens with zero attached hydrogens (tertiary/aromatic N) is 2. The normalized spacial score (nSPS) is 17.6. The summed E-state index contributed by atoms with van der Waals surface area (Å²) in [6, 6.07) is 5.12. The molecule has 0 aliphatic carbocycles. The number of nitrogens with two attached hydrogens (primary N) is 1. The molecule has 0 aromatic heterocycles. The second kappa shape index (κ2) is 10.3. The maximum atomic E-state index is 11.1. The SMILES string of the molecule is CN=C(NCc1cc(OC)ccc1O)N1CCCC(CC(N)=O)C1.I. The Hall–Kier alpha value is -1.71. The van der Waals surface area contributed by atoms with Crippen molar-refractivity contribution in [3.63, 3.8) is 0 Å². The highest BCUT2D eigenvalue weighted by atomic mass is 127. The van der Waals surface area contributed by atoms with Crippen LogP contribution in [0.5, 0.6) is 11.5 Å². The molecule has 140 valence electrons. The molecule has 2 rings (SSSR count). The minimum Gasteiger partial charge on any atom is -0.508 e. The fraction of sp³-hybridized carbons (Fsp3) is 0.529. The van der Waals surface area contributed by atoms with Crippen LogP contribution in [-0.2, 0) is 11.3 Å². The van der Waals surface area contributed by atoms with Gasteiger partial charge in [-0.05, 0) is 37.0 Å². The molecule has 1 atom stereocenters. The van der Waals surface area contributed by atoms with Crippen LogP contribution in [-0.4, -0.2) is 49.1 Å². The number of methoxy groups -OCH3 is 1. The van der Waals surface area contributed by atoms with Gasteiger partial charge in [0.2, 0.25) is 5.91 Å². The third kappa shape index (κ3) is 6.26. The van der Waals surface area contributed by atoms with E-state index < -0.39 is 0 Å². The maximum Gasteiger partial charge on any atom is 0.217 e. The van der Waals surface area contributed by atoms with E-state index in [1.54, 1.807) is 32.4 Å². The van der Waals surface area contributed by atoms with Crippen molar-refractivity contribution in [2.45, 2.75) is 25.8 Å². The number of phenols is 1. The van der Waals surface area contributed by atoms with Crippen LogP contribution < -0.4 is 15.8 Å². The van der Waals surface area contributed by atoms with Crippen molar-refractivity contribution < 1.29 is 14.6 Å². The standard InChI is InChI=1S/C17H26N4O3.HI/c1-19-17(21-7-3-4-12(11-21)8-16(18)23)20-10-13-9-14(24-2)5-6-15(13)22;/h5-6,9,12,22H,3-4,7-8,10-11H2,1-2H3,(H2,18,23)(H,19,20);1H. The van der Waals surface area contributed by atoms with E-state index in [-0.39, 0.29) is 41.6 Å². The molecule has 1 aliphatic rings. The summed E-state index contributed by atoms with van der Waals surface area (Å²) in [6.07, 6.45) is 2.42. The van der Waals surface area contributed by atoms with Gasteiger partial charge in [0, 0.05) is 38.7 Å². The van der Waals surface area contributed by atoms with E-state index >= 15 is 0 Å². The first-order valence-corrected chi connectivity index (χ1v) is 8.13. The summed E-state index contributed by atoms with van der Waals surface area (Å²) in [5, 5.41) is 13.2. The number of rotatable bonds is 5. The molecular weight excluding hydrogens is 435 g/mol. The molecule has 1 aromatic rings. The lowest BCUT2D eigenvalue weighted by atomic mass is 9.95. The van der Waals surface area contributed by atoms with Crippen molar-refractivity contribution in [2.75, 3.05) is 27.2 Å². The Morgan fingerprint density at radius 2 is 2.28 bits per heavy atom. The van der Waals surface area contributed by atoms with Crippen LogP contribution in [0, 0.1) is 5.92 Å². The van der Waals surface area contributed by atoms with Gasteiger partial charge < -0.3 is 25.8 Å². The van der Waals surface area contributed by atoms with Crippen LogP contribution in [0.25, 0.3) is 0 Å². The number of carbonyl (C=O) groups is 1. The highest BCUT2D eigenvalue weighted by Crippen LogP contribution is 2.23. The van der Waals surface area contributed by atoms with Crippen LogP contribution in [0.3, 0.4) is 0 Å². The number of piperidine rings is 1. The number of likely N-dealkylation sites (tertiary alicyclic amines) is 1.